The van der Waals surface area contributed by atoms with Gasteiger partial charge in [0.15, 0.2) is 0 Å². The van der Waals surface area contributed by atoms with Gasteiger partial charge in [0.1, 0.15) is 0 Å². The smallest absolute Gasteiger partial charge is 0.243 e. The van der Waals surface area contributed by atoms with Gasteiger partial charge in [-0.05, 0) is 74.5 Å². The molecule has 27 heavy (non-hydrogen) atoms. The number of anilines is 1. The van der Waals surface area contributed by atoms with Crippen LogP contribution in [-0.4, -0.2) is 26.8 Å². The fourth-order valence-electron chi connectivity index (χ4n) is 5.69. The number of nitrogens with two attached hydrogens (primary N) is 1. The molecule has 0 atom stereocenters. The van der Waals surface area contributed by atoms with E-state index in [0.29, 0.717) is 23.4 Å². The molecule has 4 N–H and O–H groups in total. The Morgan fingerprint density at radius 1 is 1.07 bits per heavy atom. The quantitative estimate of drug-likeness (QED) is 0.706. The second-order valence-corrected chi connectivity index (χ2v) is 10.1. The Hall–Kier alpha value is -1.93. The van der Waals surface area contributed by atoms with Gasteiger partial charge in [0, 0.05) is 11.1 Å². The van der Waals surface area contributed by atoms with E-state index in [9.17, 15) is 18.0 Å². The fourth-order valence-corrected chi connectivity index (χ4v) is 6.25. The lowest BCUT2D eigenvalue weighted by molar-refractivity contribution is -0.146. The Balaban J connectivity index is 1.35. The maximum absolute atomic E-state index is 12.9. The van der Waals surface area contributed by atoms with Crippen LogP contribution in [0, 0.1) is 23.2 Å². The van der Waals surface area contributed by atoms with E-state index in [-0.39, 0.29) is 28.7 Å². The molecule has 0 radical (unpaired) electrons. The molecule has 4 fully saturated rings. The first-order chi connectivity index (χ1) is 12.7. The average molecular weight is 391 g/mol. The minimum Gasteiger partial charge on any atom is -0.347 e. The van der Waals surface area contributed by atoms with E-state index in [1.165, 1.54) is 37.5 Å². The van der Waals surface area contributed by atoms with Crippen LogP contribution in [0.15, 0.2) is 29.2 Å². The molecule has 0 aromatic heterocycles. The number of sulfonamides is 1. The first kappa shape index (κ1) is 18.4. The van der Waals surface area contributed by atoms with Crippen LogP contribution >= 0.6 is 0 Å². The van der Waals surface area contributed by atoms with Crippen molar-refractivity contribution in [3.63, 3.8) is 0 Å². The largest absolute Gasteiger partial charge is 0.347 e. The van der Waals surface area contributed by atoms with Crippen LogP contribution in [-0.2, 0) is 19.6 Å². The second kappa shape index (κ2) is 6.60. The van der Waals surface area contributed by atoms with E-state index in [1.807, 2.05) is 0 Å². The van der Waals surface area contributed by atoms with Crippen LogP contribution in [0.2, 0.25) is 0 Å². The number of carbonyl (C=O) groups excluding carboxylic acids is 2. The third-order valence-electron chi connectivity index (χ3n) is 6.38. The first-order valence-corrected chi connectivity index (χ1v) is 11.0. The Bertz CT molecular complexity index is 845. The molecule has 8 heteroatoms. The Morgan fingerprint density at radius 2 is 1.67 bits per heavy atom. The molecule has 4 saturated carbocycles. The van der Waals surface area contributed by atoms with Crippen LogP contribution in [0.3, 0.4) is 0 Å². The van der Waals surface area contributed by atoms with Crippen LogP contribution in [0.1, 0.15) is 38.5 Å². The molecule has 0 aliphatic heterocycles. The zero-order valence-corrected chi connectivity index (χ0v) is 15.9. The number of hydrogen-bond donors (Lipinski definition) is 3. The highest BCUT2D eigenvalue weighted by molar-refractivity contribution is 7.89. The van der Waals surface area contributed by atoms with Crippen molar-refractivity contribution in [1.29, 1.82) is 0 Å². The van der Waals surface area contributed by atoms with Crippen molar-refractivity contribution < 1.29 is 18.0 Å². The number of amides is 2. The molecular weight excluding hydrogens is 366 g/mol. The molecule has 4 aliphatic rings. The Morgan fingerprint density at radius 3 is 2.22 bits per heavy atom. The monoisotopic (exact) mass is 391 g/mol. The van der Waals surface area contributed by atoms with Crippen molar-refractivity contribution in [2.45, 2.75) is 43.4 Å². The number of nitrogens with one attached hydrogen (secondary N) is 2. The van der Waals surface area contributed by atoms with Crippen molar-refractivity contribution in [3.8, 4) is 0 Å². The summed E-state index contributed by atoms with van der Waals surface area (Å²) >= 11 is 0. The zero-order valence-electron chi connectivity index (χ0n) is 15.1. The van der Waals surface area contributed by atoms with Crippen molar-refractivity contribution in [1.82, 2.24) is 5.32 Å². The summed E-state index contributed by atoms with van der Waals surface area (Å²) < 4.78 is 22.8. The lowest BCUT2D eigenvalue weighted by Gasteiger charge is -2.55. The van der Waals surface area contributed by atoms with Crippen LogP contribution < -0.4 is 15.8 Å². The molecule has 4 aliphatic carbocycles. The highest BCUT2D eigenvalue weighted by Gasteiger charge is 2.54. The van der Waals surface area contributed by atoms with E-state index >= 15 is 0 Å². The number of rotatable bonds is 5. The summed E-state index contributed by atoms with van der Waals surface area (Å²) in [5, 5.41) is 10.5. The van der Waals surface area contributed by atoms with Gasteiger partial charge in [-0.2, -0.15) is 0 Å². The zero-order chi connectivity index (χ0) is 19.2. The van der Waals surface area contributed by atoms with E-state index < -0.39 is 10.0 Å². The summed E-state index contributed by atoms with van der Waals surface area (Å²) in [5.74, 6) is 1.60. The van der Waals surface area contributed by atoms with Crippen LogP contribution in [0.4, 0.5) is 5.69 Å². The van der Waals surface area contributed by atoms with Gasteiger partial charge in [0.25, 0.3) is 0 Å². The summed E-state index contributed by atoms with van der Waals surface area (Å²) in [6, 6.07) is 5.74. The van der Waals surface area contributed by atoms with Gasteiger partial charge >= 0.3 is 0 Å². The third kappa shape index (κ3) is 3.73. The van der Waals surface area contributed by atoms with Gasteiger partial charge < -0.3 is 10.6 Å². The predicted molar refractivity (Wildman–Crippen MR) is 100 cm³/mol. The fraction of sp³-hybridized carbons (Fsp3) is 0.579. The molecule has 2 amide bonds. The van der Waals surface area contributed by atoms with Gasteiger partial charge in [0.2, 0.25) is 21.8 Å². The summed E-state index contributed by atoms with van der Waals surface area (Å²) in [6.45, 7) is -0.125. The van der Waals surface area contributed by atoms with Gasteiger partial charge in [-0.15, -0.1) is 0 Å². The highest BCUT2D eigenvalue weighted by Crippen LogP contribution is 2.60. The minimum absolute atomic E-state index is 0.00460. The van der Waals surface area contributed by atoms with Gasteiger partial charge in [-0.25, -0.2) is 13.6 Å². The molecular formula is C19H25N3O4S. The molecule has 0 unspecified atom stereocenters. The molecule has 146 valence electrons. The maximum atomic E-state index is 12.9. The number of benzene rings is 1. The molecule has 5 rings (SSSR count). The summed E-state index contributed by atoms with van der Waals surface area (Å²) in [7, 11) is -3.83. The van der Waals surface area contributed by atoms with E-state index in [4.69, 9.17) is 5.14 Å². The summed E-state index contributed by atoms with van der Waals surface area (Å²) in [5.41, 5.74) is 0.0401. The van der Waals surface area contributed by atoms with Crippen LogP contribution in [0.25, 0.3) is 0 Å². The molecule has 4 bridgehead atoms. The second-order valence-electron chi connectivity index (χ2n) is 8.50. The SMILES string of the molecule is NS(=O)(=O)c1cccc(NC(=O)CNC(=O)C23CC4CC(CC(C4)C2)C3)c1. The minimum atomic E-state index is -3.83. The Kier molecular flexibility index (Phi) is 4.50. The normalized spacial score (nSPS) is 31.5. The van der Waals surface area contributed by atoms with E-state index in [2.05, 4.69) is 10.6 Å². The van der Waals surface area contributed by atoms with Gasteiger partial charge in [-0.1, -0.05) is 6.07 Å². The first-order valence-electron chi connectivity index (χ1n) is 9.44. The highest BCUT2D eigenvalue weighted by atomic mass is 32.2. The third-order valence-corrected chi connectivity index (χ3v) is 7.29. The lowest BCUT2D eigenvalue weighted by Crippen LogP contribution is -2.54. The molecule has 7 nitrogen and oxygen atoms in total. The Labute approximate surface area is 159 Å². The van der Waals surface area contributed by atoms with Crippen molar-refractivity contribution in [2.24, 2.45) is 28.3 Å². The van der Waals surface area contributed by atoms with Gasteiger partial charge in [0.05, 0.1) is 11.4 Å². The lowest BCUT2D eigenvalue weighted by atomic mass is 9.49. The van der Waals surface area contributed by atoms with Crippen molar-refractivity contribution in [2.75, 3.05) is 11.9 Å². The molecule has 1 aromatic carbocycles. The summed E-state index contributed by atoms with van der Waals surface area (Å²) in [6.07, 6.45) is 6.61. The van der Waals surface area contributed by atoms with E-state index in [0.717, 1.165) is 19.3 Å². The number of carbonyl (C=O) groups is 2. The standard InChI is InChI=1S/C19H25N3O4S/c20-27(25,26)16-3-1-2-15(7-16)22-17(23)11-21-18(24)19-8-12-4-13(9-19)6-14(5-12)10-19/h1-3,7,12-14H,4-6,8-11H2,(H,21,24)(H,22,23)(H2,20,25,26). The molecule has 0 heterocycles. The topological polar surface area (TPSA) is 118 Å². The predicted octanol–water partition coefficient (Wildman–Crippen LogP) is 1.61. The maximum Gasteiger partial charge on any atom is 0.243 e. The average Bonchev–Trinajstić information content (AvgIpc) is 2.58. The number of primary sulfonamides is 1. The number of hydrogen-bond acceptors (Lipinski definition) is 4. The van der Waals surface area contributed by atoms with Gasteiger partial charge in [-0.3, -0.25) is 9.59 Å². The molecule has 0 saturated heterocycles. The van der Waals surface area contributed by atoms with E-state index in [1.54, 1.807) is 6.07 Å². The van der Waals surface area contributed by atoms with Crippen molar-refractivity contribution in [3.05, 3.63) is 24.3 Å². The molecule has 0 spiro atoms. The molecule has 1 aromatic rings. The van der Waals surface area contributed by atoms with Crippen molar-refractivity contribution >= 4 is 27.5 Å². The summed E-state index contributed by atoms with van der Waals surface area (Å²) in [4.78, 5) is 25.0. The van der Waals surface area contributed by atoms with Crippen LogP contribution in [0.5, 0.6) is 0 Å².